The number of nitrogens with two attached hydrogens (primary N) is 1. The molecular weight excluding hydrogens is 462 g/mol. The second kappa shape index (κ2) is 10.5. The molecule has 0 bridgehead atoms. The lowest BCUT2D eigenvalue weighted by molar-refractivity contribution is -0.133. The van der Waals surface area contributed by atoms with E-state index in [-0.39, 0.29) is 30.0 Å². The third-order valence-corrected chi connectivity index (χ3v) is 5.83. The molecule has 0 aliphatic carbocycles. The molecule has 3 amide bonds. The van der Waals surface area contributed by atoms with Gasteiger partial charge in [0.05, 0.1) is 0 Å². The zero-order valence-corrected chi connectivity index (χ0v) is 20.8. The van der Waals surface area contributed by atoms with Gasteiger partial charge in [0.1, 0.15) is 12.1 Å². The van der Waals surface area contributed by atoms with E-state index in [4.69, 9.17) is 5.73 Å². The zero-order valence-electron chi connectivity index (χ0n) is 20.8. The van der Waals surface area contributed by atoms with E-state index in [1.807, 2.05) is 25.7 Å². The first-order valence-electron chi connectivity index (χ1n) is 11.8. The van der Waals surface area contributed by atoms with Crippen LogP contribution >= 0.6 is 0 Å². The van der Waals surface area contributed by atoms with Gasteiger partial charge in [-0.1, -0.05) is 0 Å². The van der Waals surface area contributed by atoms with Crippen molar-refractivity contribution in [3.8, 4) is 5.82 Å². The number of amides is 3. The smallest absolute Gasteiger partial charge is 0.319 e. The normalized spacial score (nSPS) is 17.6. The van der Waals surface area contributed by atoms with Gasteiger partial charge in [-0.25, -0.2) is 14.8 Å². The van der Waals surface area contributed by atoms with E-state index >= 15 is 0 Å². The van der Waals surface area contributed by atoms with Crippen LogP contribution in [0.2, 0.25) is 0 Å². The lowest BCUT2D eigenvalue weighted by Crippen LogP contribution is -2.58. The first-order chi connectivity index (χ1) is 17.2. The summed E-state index contributed by atoms with van der Waals surface area (Å²) in [5.41, 5.74) is 7.52. The summed E-state index contributed by atoms with van der Waals surface area (Å²) < 4.78 is 1.44. The molecule has 0 unspecified atom stereocenters. The Morgan fingerprint density at radius 1 is 1.06 bits per heavy atom. The number of benzene rings is 1. The Hall–Kier alpha value is -4.42. The molecule has 13 heteroatoms. The lowest BCUT2D eigenvalue weighted by Gasteiger charge is -2.44. The summed E-state index contributed by atoms with van der Waals surface area (Å²) in [6, 6.07) is 8.78. The van der Waals surface area contributed by atoms with Gasteiger partial charge < -0.3 is 31.5 Å². The second-order valence-electron chi connectivity index (χ2n) is 8.66. The first-order valence-corrected chi connectivity index (χ1v) is 11.8. The number of urea groups is 1. The number of nitrogens with one attached hydrogen (secondary N) is 3. The SMILES string of the molecule is CCNC(=O)Nc1ccc(Nc2nc(N)n(-c3cc(N4C[C@@H](C)N(C(C)=O)[C@@H](C)C4)ncn3)n2)cc1. The Morgan fingerprint density at radius 2 is 1.69 bits per heavy atom. The second-order valence-corrected chi connectivity index (χ2v) is 8.66. The van der Waals surface area contributed by atoms with Crippen LogP contribution in [0.5, 0.6) is 0 Å². The average molecular weight is 494 g/mol. The maximum Gasteiger partial charge on any atom is 0.319 e. The Kier molecular flexibility index (Phi) is 7.17. The van der Waals surface area contributed by atoms with Gasteiger partial charge in [0.25, 0.3) is 0 Å². The van der Waals surface area contributed by atoms with Crippen molar-refractivity contribution in [3.63, 3.8) is 0 Å². The van der Waals surface area contributed by atoms with E-state index in [0.29, 0.717) is 37.1 Å². The summed E-state index contributed by atoms with van der Waals surface area (Å²) in [6.07, 6.45) is 1.46. The number of carbonyl (C=O) groups excluding carboxylic acids is 2. The summed E-state index contributed by atoms with van der Waals surface area (Å²) in [5, 5.41) is 13.0. The minimum absolute atomic E-state index is 0.0551. The van der Waals surface area contributed by atoms with Gasteiger partial charge in [-0.2, -0.15) is 9.67 Å². The minimum Gasteiger partial charge on any atom is -0.368 e. The number of piperazine rings is 1. The number of hydrogen-bond donors (Lipinski definition) is 4. The highest BCUT2D eigenvalue weighted by Crippen LogP contribution is 2.23. The number of aromatic nitrogens is 5. The van der Waals surface area contributed by atoms with Gasteiger partial charge in [0.15, 0.2) is 5.82 Å². The topological polar surface area (TPSA) is 159 Å². The largest absolute Gasteiger partial charge is 0.368 e. The van der Waals surface area contributed by atoms with Crippen molar-refractivity contribution in [1.82, 2.24) is 34.9 Å². The molecule has 36 heavy (non-hydrogen) atoms. The molecule has 5 N–H and O–H groups in total. The minimum atomic E-state index is -0.264. The van der Waals surface area contributed by atoms with Gasteiger partial charge in [-0.05, 0) is 45.0 Å². The quantitative estimate of drug-likeness (QED) is 0.402. The maximum atomic E-state index is 12.0. The maximum absolute atomic E-state index is 12.0. The monoisotopic (exact) mass is 493 g/mol. The fourth-order valence-electron chi connectivity index (χ4n) is 4.40. The summed E-state index contributed by atoms with van der Waals surface area (Å²) in [6.45, 7) is 9.37. The molecule has 4 rings (SSSR count). The molecule has 3 aromatic rings. The Bertz CT molecular complexity index is 1220. The molecule has 2 aromatic heterocycles. The Labute approximate surface area is 209 Å². The predicted octanol–water partition coefficient (Wildman–Crippen LogP) is 1.97. The summed E-state index contributed by atoms with van der Waals surface area (Å²) in [5.74, 6) is 1.74. The van der Waals surface area contributed by atoms with Crippen LogP contribution in [-0.4, -0.2) is 73.3 Å². The van der Waals surface area contributed by atoms with Gasteiger partial charge in [0.2, 0.25) is 17.8 Å². The van der Waals surface area contributed by atoms with Crippen LogP contribution in [0.15, 0.2) is 36.7 Å². The molecule has 0 spiro atoms. The van der Waals surface area contributed by atoms with Crippen molar-refractivity contribution < 1.29 is 9.59 Å². The van der Waals surface area contributed by atoms with Gasteiger partial charge in [0, 0.05) is 56.1 Å². The number of carbonyl (C=O) groups is 2. The highest BCUT2D eigenvalue weighted by Gasteiger charge is 2.31. The molecule has 1 aliphatic rings. The Morgan fingerprint density at radius 3 is 2.33 bits per heavy atom. The van der Waals surface area contributed by atoms with E-state index < -0.39 is 0 Å². The van der Waals surface area contributed by atoms with Crippen LogP contribution in [0.1, 0.15) is 27.7 Å². The fourth-order valence-corrected chi connectivity index (χ4v) is 4.40. The standard InChI is InChI=1S/C23H31N11O2/c1-5-25-23(36)29-18-8-6-17(7-9-18)28-22-30-21(24)34(31-22)20-10-19(26-13-27-20)32-11-14(2)33(16(4)35)15(3)12-32/h6-10,13-15H,5,11-12H2,1-4H3,(H2,25,29,36)(H3,24,28,30,31)/t14-,15+. The van der Waals surface area contributed by atoms with Crippen molar-refractivity contribution in [1.29, 1.82) is 0 Å². The van der Waals surface area contributed by atoms with Crippen LogP contribution in [0.25, 0.3) is 5.82 Å². The molecular formula is C23H31N11O2. The van der Waals surface area contributed by atoms with Gasteiger partial charge >= 0.3 is 6.03 Å². The number of hydrogen-bond acceptors (Lipinski definition) is 9. The summed E-state index contributed by atoms with van der Waals surface area (Å²) in [7, 11) is 0. The van der Waals surface area contributed by atoms with Crippen molar-refractivity contribution in [2.75, 3.05) is 40.9 Å². The fraction of sp³-hybridized carbons (Fsp3) is 0.391. The molecule has 0 saturated carbocycles. The molecule has 0 radical (unpaired) electrons. The van der Waals surface area contributed by atoms with Gasteiger partial charge in [-0.15, -0.1) is 5.10 Å². The van der Waals surface area contributed by atoms with E-state index in [1.165, 1.54) is 11.0 Å². The van der Waals surface area contributed by atoms with E-state index in [1.54, 1.807) is 37.3 Å². The number of anilines is 5. The third-order valence-electron chi connectivity index (χ3n) is 5.83. The van der Waals surface area contributed by atoms with Crippen molar-refractivity contribution in [3.05, 3.63) is 36.7 Å². The highest BCUT2D eigenvalue weighted by molar-refractivity contribution is 5.89. The van der Waals surface area contributed by atoms with Crippen LogP contribution in [-0.2, 0) is 4.79 Å². The summed E-state index contributed by atoms with van der Waals surface area (Å²) in [4.78, 5) is 40.7. The molecule has 190 valence electrons. The summed E-state index contributed by atoms with van der Waals surface area (Å²) >= 11 is 0. The van der Waals surface area contributed by atoms with Crippen LogP contribution in [0.3, 0.4) is 0 Å². The number of nitrogens with zero attached hydrogens (tertiary/aromatic N) is 7. The first kappa shape index (κ1) is 24.7. The van der Waals surface area contributed by atoms with Crippen molar-refractivity contribution >= 4 is 41.0 Å². The van der Waals surface area contributed by atoms with Crippen LogP contribution in [0, 0.1) is 0 Å². The molecule has 1 aliphatic heterocycles. The average Bonchev–Trinajstić information content (AvgIpc) is 3.19. The molecule has 1 saturated heterocycles. The van der Waals surface area contributed by atoms with Gasteiger partial charge in [-0.3, -0.25) is 4.79 Å². The Balaban J connectivity index is 1.47. The molecule has 1 aromatic carbocycles. The lowest BCUT2D eigenvalue weighted by atomic mass is 10.1. The van der Waals surface area contributed by atoms with Crippen LogP contribution < -0.4 is 26.6 Å². The van der Waals surface area contributed by atoms with Crippen molar-refractivity contribution in [2.24, 2.45) is 0 Å². The molecule has 3 heterocycles. The van der Waals surface area contributed by atoms with E-state index in [0.717, 1.165) is 11.5 Å². The van der Waals surface area contributed by atoms with E-state index in [9.17, 15) is 9.59 Å². The zero-order chi connectivity index (χ0) is 25.8. The molecule has 2 atom stereocenters. The predicted molar refractivity (Wildman–Crippen MR) is 137 cm³/mol. The molecule has 13 nitrogen and oxygen atoms in total. The molecule has 1 fully saturated rings. The highest BCUT2D eigenvalue weighted by atomic mass is 16.2. The number of nitrogen functional groups attached to an aromatic ring is 1. The van der Waals surface area contributed by atoms with Crippen LogP contribution in [0.4, 0.5) is 33.9 Å². The van der Waals surface area contributed by atoms with E-state index in [2.05, 4.69) is 40.9 Å². The third kappa shape index (κ3) is 5.45. The van der Waals surface area contributed by atoms with Crippen molar-refractivity contribution in [2.45, 2.75) is 39.8 Å². The number of rotatable bonds is 6.